The first-order valence-electron chi connectivity index (χ1n) is 9.26. The molecule has 3 rings (SSSR count). The van der Waals surface area contributed by atoms with Crippen molar-refractivity contribution in [3.05, 3.63) is 26.6 Å². The van der Waals surface area contributed by atoms with Crippen LogP contribution < -0.4 is 10.9 Å². The van der Waals surface area contributed by atoms with E-state index in [1.165, 1.54) is 18.4 Å². The largest absolute Gasteiger partial charge is 0.467 e. The van der Waals surface area contributed by atoms with Gasteiger partial charge in [-0.05, 0) is 31.2 Å². The van der Waals surface area contributed by atoms with Crippen molar-refractivity contribution < 1.29 is 14.3 Å². The Kier molecular flexibility index (Phi) is 5.64. The molecule has 0 spiro atoms. The molecule has 7 nitrogen and oxygen atoms in total. The van der Waals surface area contributed by atoms with Gasteiger partial charge in [0.05, 0.1) is 17.4 Å². The van der Waals surface area contributed by atoms with Crippen LogP contribution in [0.25, 0.3) is 10.2 Å². The fraction of sp³-hybridized carbons (Fsp3) is 0.579. The van der Waals surface area contributed by atoms with Crippen LogP contribution in [0, 0.1) is 12.8 Å². The maximum absolute atomic E-state index is 13.0. The summed E-state index contributed by atoms with van der Waals surface area (Å²) in [5, 5.41) is 3.25. The lowest BCUT2D eigenvalue weighted by Gasteiger charge is -2.19. The lowest BCUT2D eigenvalue weighted by molar-refractivity contribution is -0.144. The summed E-state index contributed by atoms with van der Waals surface area (Å²) in [6.45, 7) is 6.12. The average molecular weight is 391 g/mol. The van der Waals surface area contributed by atoms with E-state index in [0.29, 0.717) is 27.2 Å². The summed E-state index contributed by atoms with van der Waals surface area (Å²) in [6, 6.07) is -0.738. The summed E-state index contributed by atoms with van der Waals surface area (Å²) in [5.74, 6) is -0.176. The van der Waals surface area contributed by atoms with Gasteiger partial charge in [0.15, 0.2) is 0 Å². The van der Waals surface area contributed by atoms with Gasteiger partial charge in [-0.3, -0.25) is 14.2 Å². The molecular formula is C19H25N3O4S. The van der Waals surface area contributed by atoms with Crippen molar-refractivity contribution in [1.29, 1.82) is 0 Å². The Morgan fingerprint density at radius 1 is 1.26 bits per heavy atom. The maximum Gasteiger partial charge on any atom is 0.328 e. The molecule has 27 heavy (non-hydrogen) atoms. The number of fused-ring (bicyclic) bond motifs is 2. The molecule has 0 saturated carbocycles. The van der Waals surface area contributed by atoms with Gasteiger partial charge < -0.3 is 10.1 Å². The van der Waals surface area contributed by atoms with E-state index in [-0.39, 0.29) is 17.4 Å². The number of rotatable bonds is 4. The molecule has 0 aromatic carbocycles. The van der Waals surface area contributed by atoms with Gasteiger partial charge in [-0.1, -0.05) is 20.3 Å². The van der Waals surface area contributed by atoms with Crippen LogP contribution in [-0.2, 0) is 22.5 Å². The first-order valence-corrected chi connectivity index (χ1v) is 10.1. The van der Waals surface area contributed by atoms with Gasteiger partial charge in [0.25, 0.3) is 11.5 Å². The Labute approximate surface area is 161 Å². The van der Waals surface area contributed by atoms with E-state index in [4.69, 9.17) is 4.74 Å². The van der Waals surface area contributed by atoms with E-state index in [1.807, 2.05) is 13.8 Å². The predicted molar refractivity (Wildman–Crippen MR) is 104 cm³/mol. The van der Waals surface area contributed by atoms with Gasteiger partial charge in [-0.15, -0.1) is 11.3 Å². The molecule has 3 heterocycles. The van der Waals surface area contributed by atoms with Gasteiger partial charge in [0.2, 0.25) is 0 Å². The Bertz CT molecular complexity index is 945. The molecule has 146 valence electrons. The standard InChI is InChI=1S/C19H25N3O4S/c1-10(2)14(19(25)26-4)21-16(23)15-11(3)13-17(27-15)20-12-8-6-5-7-9-22(12)18(13)24/h10,14H,5-9H2,1-4H3,(H,21,23). The highest BCUT2D eigenvalue weighted by Crippen LogP contribution is 2.28. The van der Waals surface area contributed by atoms with E-state index in [1.54, 1.807) is 11.5 Å². The van der Waals surface area contributed by atoms with Crippen molar-refractivity contribution in [2.75, 3.05) is 7.11 Å². The highest BCUT2D eigenvalue weighted by atomic mass is 32.1. The number of methoxy groups -OCH3 is 1. The van der Waals surface area contributed by atoms with Crippen molar-refractivity contribution in [3.8, 4) is 0 Å². The number of nitrogens with zero attached hydrogens (tertiary/aromatic N) is 2. The molecule has 1 aliphatic heterocycles. The number of hydrogen-bond donors (Lipinski definition) is 1. The number of aromatic nitrogens is 2. The van der Waals surface area contributed by atoms with E-state index in [9.17, 15) is 14.4 Å². The summed E-state index contributed by atoms with van der Waals surface area (Å²) in [6.07, 6.45) is 3.85. The smallest absolute Gasteiger partial charge is 0.328 e. The summed E-state index contributed by atoms with van der Waals surface area (Å²) >= 11 is 1.21. The highest BCUT2D eigenvalue weighted by molar-refractivity contribution is 7.20. The molecule has 0 bridgehead atoms. The average Bonchev–Trinajstić information content (AvgIpc) is 2.81. The van der Waals surface area contributed by atoms with E-state index >= 15 is 0 Å². The van der Waals surface area contributed by atoms with Crippen molar-refractivity contribution in [1.82, 2.24) is 14.9 Å². The lowest BCUT2D eigenvalue weighted by Crippen LogP contribution is -2.44. The SMILES string of the molecule is COC(=O)C(NC(=O)c1sc2nc3n(c(=O)c2c1C)CCCCC3)C(C)C. The normalized spacial score (nSPS) is 15.3. The molecule has 2 aromatic heterocycles. The topological polar surface area (TPSA) is 90.3 Å². The number of ether oxygens (including phenoxy) is 1. The maximum atomic E-state index is 13.0. The van der Waals surface area contributed by atoms with Gasteiger partial charge in [0, 0.05) is 13.0 Å². The van der Waals surface area contributed by atoms with Crippen LogP contribution in [0.5, 0.6) is 0 Å². The van der Waals surface area contributed by atoms with Gasteiger partial charge in [-0.25, -0.2) is 9.78 Å². The third-order valence-corrected chi connectivity index (χ3v) is 6.21. The van der Waals surface area contributed by atoms with E-state index in [0.717, 1.165) is 31.5 Å². The molecule has 1 N–H and O–H groups in total. The zero-order valence-electron chi connectivity index (χ0n) is 16.1. The van der Waals surface area contributed by atoms with Crippen LogP contribution in [0.3, 0.4) is 0 Å². The summed E-state index contributed by atoms with van der Waals surface area (Å²) in [4.78, 5) is 43.4. The number of hydrogen-bond acceptors (Lipinski definition) is 6. The van der Waals surface area contributed by atoms with Gasteiger partial charge in [-0.2, -0.15) is 0 Å². The van der Waals surface area contributed by atoms with Crippen LogP contribution in [0.15, 0.2) is 4.79 Å². The number of carbonyl (C=O) groups is 2. The minimum Gasteiger partial charge on any atom is -0.467 e. The molecule has 8 heteroatoms. The minimum absolute atomic E-state index is 0.0712. The van der Waals surface area contributed by atoms with Crippen LogP contribution in [0.2, 0.25) is 0 Å². The fourth-order valence-corrected chi connectivity index (χ4v) is 4.55. The highest BCUT2D eigenvalue weighted by Gasteiger charge is 2.28. The molecule has 0 aliphatic carbocycles. The predicted octanol–water partition coefficient (Wildman–Crippen LogP) is 2.42. The third kappa shape index (κ3) is 3.63. The van der Waals surface area contributed by atoms with E-state index < -0.39 is 12.0 Å². The quantitative estimate of drug-likeness (QED) is 0.809. The van der Waals surface area contributed by atoms with Crippen molar-refractivity contribution in [3.63, 3.8) is 0 Å². The zero-order valence-corrected chi connectivity index (χ0v) is 16.9. The molecule has 1 amide bonds. The second kappa shape index (κ2) is 7.80. The molecule has 1 atom stereocenters. The fourth-order valence-electron chi connectivity index (χ4n) is 3.46. The number of nitrogens with one attached hydrogen (secondary N) is 1. The molecular weight excluding hydrogens is 366 g/mol. The van der Waals surface area contributed by atoms with Crippen LogP contribution in [0.4, 0.5) is 0 Å². The second-order valence-corrected chi connectivity index (χ2v) is 8.25. The van der Waals surface area contributed by atoms with Crippen molar-refractivity contribution in [2.24, 2.45) is 5.92 Å². The molecule has 0 radical (unpaired) electrons. The number of aryl methyl sites for hydroxylation is 2. The third-order valence-electron chi connectivity index (χ3n) is 5.03. The number of thiophene rings is 1. The minimum atomic E-state index is -0.738. The molecule has 0 fully saturated rings. The van der Waals surface area contributed by atoms with Crippen LogP contribution in [0.1, 0.15) is 54.2 Å². The Balaban J connectivity index is 2.02. The number of esters is 1. The first kappa shape index (κ1) is 19.5. The number of carbonyl (C=O) groups excluding carboxylic acids is 2. The first-order chi connectivity index (χ1) is 12.8. The number of amides is 1. The molecule has 1 aliphatic rings. The zero-order chi connectivity index (χ0) is 19.7. The Morgan fingerprint density at radius 3 is 2.67 bits per heavy atom. The molecule has 0 saturated heterocycles. The van der Waals surface area contributed by atoms with Gasteiger partial charge in [0.1, 0.15) is 16.7 Å². The molecule has 2 aromatic rings. The lowest BCUT2D eigenvalue weighted by atomic mass is 10.0. The van der Waals surface area contributed by atoms with E-state index in [2.05, 4.69) is 10.3 Å². The van der Waals surface area contributed by atoms with Crippen LogP contribution >= 0.6 is 11.3 Å². The molecule has 1 unspecified atom stereocenters. The Morgan fingerprint density at radius 2 is 2.00 bits per heavy atom. The second-order valence-electron chi connectivity index (χ2n) is 7.25. The monoisotopic (exact) mass is 391 g/mol. The van der Waals surface area contributed by atoms with Crippen molar-refractivity contribution in [2.45, 2.75) is 59.0 Å². The summed E-state index contributed by atoms with van der Waals surface area (Å²) in [5.41, 5.74) is 0.551. The van der Waals surface area contributed by atoms with Crippen LogP contribution in [-0.4, -0.2) is 34.6 Å². The Hall–Kier alpha value is -2.22. The van der Waals surface area contributed by atoms with Gasteiger partial charge >= 0.3 is 5.97 Å². The van der Waals surface area contributed by atoms with Crippen molar-refractivity contribution >= 4 is 33.4 Å². The summed E-state index contributed by atoms with van der Waals surface area (Å²) < 4.78 is 6.53. The summed E-state index contributed by atoms with van der Waals surface area (Å²) in [7, 11) is 1.30.